The Hall–Kier alpha value is -2.69. The molecule has 0 atom stereocenters. The van der Waals surface area contributed by atoms with E-state index in [-0.39, 0.29) is 12.5 Å². The predicted molar refractivity (Wildman–Crippen MR) is 73.6 cm³/mol. The first kappa shape index (κ1) is 12.3. The highest BCUT2D eigenvalue weighted by molar-refractivity contribution is 5.95. The number of benzene rings is 2. The van der Waals surface area contributed by atoms with Gasteiger partial charge in [0.25, 0.3) is 5.91 Å². The minimum atomic E-state index is -0.152. The zero-order valence-corrected chi connectivity index (χ0v) is 10.9. The van der Waals surface area contributed by atoms with Gasteiger partial charge < -0.3 is 19.5 Å². The molecule has 0 aliphatic carbocycles. The number of nitrogens with one attached hydrogen (secondary N) is 1. The van der Waals surface area contributed by atoms with E-state index in [1.807, 2.05) is 24.3 Å². The molecule has 1 amide bonds. The maximum atomic E-state index is 11.2. The van der Waals surface area contributed by atoms with Crippen LogP contribution in [0.25, 0.3) is 0 Å². The van der Waals surface area contributed by atoms with Gasteiger partial charge in [-0.15, -0.1) is 0 Å². The molecule has 2 aromatic carbocycles. The summed E-state index contributed by atoms with van der Waals surface area (Å²) in [5, 5.41) is 2.73. The molecule has 0 radical (unpaired) electrons. The minimum absolute atomic E-state index is 0.0268. The summed E-state index contributed by atoms with van der Waals surface area (Å²) in [6.45, 7) is 0.0268. The van der Waals surface area contributed by atoms with Gasteiger partial charge in [0, 0.05) is 6.07 Å². The van der Waals surface area contributed by atoms with Gasteiger partial charge >= 0.3 is 0 Å². The highest BCUT2D eigenvalue weighted by Gasteiger charge is 2.16. The van der Waals surface area contributed by atoms with Crippen molar-refractivity contribution in [2.45, 2.75) is 0 Å². The Kier molecular flexibility index (Phi) is 3.16. The Morgan fingerprint density at radius 3 is 2.50 bits per heavy atom. The quantitative estimate of drug-likeness (QED) is 0.932. The molecule has 1 N–H and O–H groups in total. The van der Waals surface area contributed by atoms with Crippen molar-refractivity contribution < 1.29 is 19.0 Å². The van der Waals surface area contributed by atoms with Crippen LogP contribution in [0.2, 0.25) is 0 Å². The molecule has 0 unspecified atom stereocenters. The summed E-state index contributed by atoms with van der Waals surface area (Å²) >= 11 is 0. The van der Waals surface area contributed by atoms with Crippen LogP contribution in [0.15, 0.2) is 42.5 Å². The number of hydrogen-bond acceptors (Lipinski definition) is 4. The summed E-state index contributed by atoms with van der Waals surface area (Å²) in [7, 11) is 1.62. The number of carbonyl (C=O) groups is 1. The number of fused-ring (bicyclic) bond motifs is 1. The molecular formula is C15H13NO4. The average Bonchev–Trinajstić information content (AvgIpc) is 2.48. The minimum Gasteiger partial charge on any atom is -0.497 e. The monoisotopic (exact) mass is 271 g/mol. The number of hydrogen-bond donors (Lipinski definition) is 1. The highest BCUT2D eigenvalue weighted by Crippen LogP contribution is 2.33. The van der Waals surface area contributed by atoms with Gasteiger partial charge in [0.15, 0.2) is 6.61 Å². The molecule has 0 saturated heterocycles. The van der Waals surface area contributed by atoms with Gasteiger partial charge in [0.1, 0.15) is 23.0 Å². The molecule has 0 bridgehead atoms. The summed E-state index contributed by atoms with van der Waals surface area (Å²) in [5.41, 5.74) is 0.656. The van der Waals surface area contributed by atoms with Crippen molar-refractivity contribution in [3.05, 3.63) is 42.5 Å². The molecule has 5 nitrogen and oxygen atoms in total. The molecule has 0 spiro atoms. The highest BCUT2D eigenvalue weighted by atomic mass is 16.5. The first-order valence-corrected chi connectivity index (χ1v) is 6.13. The van der Waals surface area contributed by atoms with Crippen molar-refractivity contribution in [3.63, 3.8) is 0 Å². The Morgan fingerprint density at radius 2 is 1.75 bits per heavy atom. The van der Waals surface area contributed by atoms with Gasteiger partial charge in [-0.05, 0) is 36.4 Å². The lowest BCUT2D eigenvalue weighted by Gasteiger charge is -2.18. The van der Waals surface area contributed by atoms with E-state index >= 15 is 0 Å². The second kappa shape index (κ2) is 5.13. The van der Waals surface area contributed by atoms with Crippen molar-refractivity contribution in [1.29, 1.82) is 0 Å². The van der Waals surface area contributed by atoms with Gasteiger partial charge in [-0.25, -0.2) is 0 Å². The predicted octanol–water partition coefficient (Wildman–Crippen LogP) is 2.82. The van der Waals surface area contributed by atoms with E-state index in [1.54, 1.807) is 25.3 Å². The molecule has 0 saturated carbocycles. The molecule has 102 valence electrons. The van der Waals surface area contributed by atoms with E-state index in [0.29, 0.717) is 22.9 Å². The molecule has 1 aliphatic rings. The molecule has 0 fully saturated rings. The summed E-state index contributed by atoms with van der Waals surface area (Å²) < 4.78 is 16.1. The molecule has 20 heavy (non-hydrogen) atoms. The van der Waals surface area contributed by atoms with Gasteiger partial charge in [0.05, 0.1) is 12.8 Å². The molecular weight excluding hydrogens is 258 g/mol. The lowest BCUT2D eigenvalue weighted by Crippen LogP contribution is -2.25. The fraction of sp³-hybridized carbons (Fsp3) is 0.133. The molecule has 1 aliphatic heterocycles. The van der Waals surface area contributed by atoms with Crippen molar-refractivity contribution >= 4 is 11.6 Å². The number of anilines is 1. The molecule has 0 aromatic heterocycles. The van der Waals surface area contributed by atoms with Crippen LogP contribution in [0.5, 0.6) is 23.0 Å². The summed E-state index contributed by atoms with van der Waals surface area (Å²) in [5.74, 6) is 2.57. The zero-order chi connectivity index (χ0) is 13.9. The number of amides is 1. The average molecular weight is 271 g/mol. The van der Waals surface area contributed by atoms with E-state index in [1.165, 1.54) is 0 Å². The Labute approximate surface area is 116 Å². The van der Waals surface area contributed by atoms with Gasteiger partial charge in [0.2, 0.25) is 0 Å². The lowest BCUT2D eigenvalue weighted by atomic mass is 10.2. The smallest absolute Gasteiger partial charge is 0.262 e. The fourth-order valence-corrected chi connectivity index (χ4v) is 1.90. The van der Waals surface area contributed by atoms with Crippen LogP contribution in [0.3, 0.4) is 0 Å². The van der Waals surface area contributed by atoms with Crippen molar-refractivity contribution in [2.75, 3.05) is 19.0 Å². The fourth-order valence-electron chi connectivity index (χ4n) is 1.90. The first-order chi connectivity index (χ1) is 9.74. The maximum absolute atomic E-state index is 11.2. The van der Waals surface area contributed by atoms with Crippen LogP contribution in [0.1, 0.15) is 0 Å². The van der Waals surface area contributed by atoms with Crippen LogP contribution in [-0.2, 0) is 4.79 Å². The van der Waals surface area contributed by atoms with Crippen LogP contribution >= 0.6 is 0 Å². The number of rotatable bonds is 3. The third-order valence-electron chi connectivity index (χ3n) is 2.88. The molecule has 5 heteroatoms. The second-order valence-corrected chi connectivity index (χ2v) is 4.27. The standard InChI is InChI=1S/C15H13NO4/c1-18-10-2-4-11(5-3-10)20-12-6-7-13-14(8-12)19-9-15(17)16-13/h2-8H,9H2,1H3,(H,16,17). The Bertz CT molecular complexity index is 637. The summed E-state index contributed by atoms with van der Waals surface area (Å²) in [4.78, 5) is 11.2. The van der Waals surface area contributed by atoms with Crippen molar-refractivity contribution in [2.24, 2.45) is 0 Å². The van der Waals surface area contributed by atoms with Gasteiger partial charge in [-0.2, -0.15) is 0 Å². The van der Waals surface area contributed by atoms with Crippen LogP contribution < -0.4 is 19.5 Å². The van der Waals surface area contributed by atoms with E-state index in [4.69, 9.17) is 14.2 Å². The van der Waals surface area contributed by atoms with E-state index in [0.717, 1.165) is 5.75 Å². The second-order valence-electron chi connectivity index (χ2n) is 4.27. The van der Waals surface area contributed by atoms with Crippen LogP contribution in [0.4, 0.5) is 5.69 Å². The summed E-state index contributed by atoms with van der Waals surface area (Å²) in [6, 6.07) is 12.6. The Morgan fingerprint density at radius 1 is 1.05 bits per heavy atom. The molecule has 2 aromatic rings. The van der Waals surface area contributed by atoms with Crippen molar-refractivity contribution in [1.82, 2.24) is 0 Å². The molecule has 3 rings (SSSR count). The topological polar surface area (TPSA) is 56.8 Å². The number of methoxy groups -OCH3 is 1. The third kappa shape index (κ3) is 2.51. The van der Waals surface area contributed by atoms with Gasteiger partial charge in [-0.1, -0.05) is 0 Å². The third-order valence-corrected chi connectivity index (χ3v) is 2.88. The first-order valence-electron chi connectivity index (χ1n) is 6.13. The lowest BCUT2D eigenvalue weighted by molar-refractivity contribution is -0.118. The van der Waals surface area contributed by atoms with Gasteiger partial charge in [-0.3, -0.25) is 4.79 Å². The zero-order valence-electron chi connectivity index (χ0n) is 10.9. The normalized spacial score (nSPS) is 12.9. The maximum Gasteiger partial charge on any atom is 0.262 e. The Balaban J connectivity index is 1.79. The van der Waals surface area contributed by atoms with Crippen molar-refractivity contribution in [3.8, 4) is 23.0 Å². The van der Waals surface area contributed by atoms with E-state index < -0.39 is 0 Å². The number of carbonyl (C=O) groups excluding carboxylic acids is 1. The largest absolute Gasteiger partial charge is 0.497 e. The SMILES string of the molecule is COc1ccc(Oc2ccc3c(c2)OCC(=O)N3)cc1. The van der Waals surface area contributed by atoms with E-state index in [2.05, 4.69) is 5.32 Å². The summed E-state index contributed by atoms with van der Waals surface area (Å²) in [6.07, 6.45) is 0. The molecule has 1 heterocycles. The van der Waals surface area contributed by atoms with Crippen LogP contribution in [-0.4, -0.2) is 19.6 Å². The number of ether oxygens (including phenoxy) is 3. The van der Waals surface area contributed by atoms with E-state index in [9.17, 15) is 4.79 Å². The van der Waals surface area contributed by atoms with Crippen LogP contribution in [0, 0.1) is 0 Å².